The van der Waals surface area contributed by atoms with Gasteiger partial charge in [-0.05, 0) is 36.8 Å². The Labute approximate surface area is 110 Å². The molecule has 1 unspecified atom stereocenters. The van der Waals surface area contributed by atoms with Gasteiger partial charge in [-0.1, -0.05) is 37.3 Å². The molecule has 1 aromatic carbocycles. The molecule has 0 spiro atoms. The van der Waals surface area contributed by atoms with E-state index in [1.54, 1.807) is 0 Å². The Hall–Kier alpha value is -1.57. The van der Waals surface area contributed by atoms with E-state index in [4.69, 9.17) is 4.74 Å². The Morgan fingerprint density at radius 3 is 2.50 bits per heavy atom. The first-order valence-electron chi connectivity index (χ1n) is 6.51. The molecule has 0 amide bonds. The second-order valence-corrected chi connectivity index (χ2v) is 4.54. The molecule has 0 fully saturated rings. The third-order valence-corrected chi connectivity index (χ3v) is 2.91. The Balaban J connectivity index is 2.45. The number of hydrogen-bond acceptors (Lipinski definition) is 2. The summed E-state index contributed by atoms with van der Waals surface area (Å²) in [4.78, 5) is 11.2. The van der Waals surface area contributed by atoms with E-state index in [2.05, 4.69) is 37.8 Å². The number of carbonyl (C=O) groups is 1. The van der Waals surface area contributed by atoms with E-state index in [1.807, 2.05) is 13.0 Å². The monoisotopic (exact) mass is 246 g/mol. The number of allylic oxidation sites excluding steroid dienone is 1. The summed E-state index contributed by atoms with van der Waals surface area (Å²) in [5.41, 5.74) is 2.49. The van der Waals surface area contributed by atoms with Crippen molar-refractivity contribution >= 4 is 5.97 Å². The zero-order chi connectivity index (χ0) is 13.4. The standard InChI is InChI=1S/C16H22O2/c1-4-13(3)12-15-8-6-14(7-9-15)10-11-16(17)18-5-2/h4,6-9,13H,1,5,10-12H2,2-3H3. The Bertz CT molecular complexity index is 379. The van der Waals surface area contributed by atoms with Gasteiger partial charge in [0.2, 0.25) is 0 Å². The number of esters is 1. The average Bonchev–Trinajstić information content (AvgIpc) is 2.38. The molecular formula is C16H22O2. The molecule has 1 atom stereocenters. The van der Waals surface area contributed by atoms with Crippen LogP contribution in [0.4, 0.5) is 0 Å². The van der Waals surface area contributed by atoms with Gasteiger partial charge < -0.3 is 4.74 Å². The van der Waals surface area contributed by atoms with Gasteiger partial charge in [0.1, 0.15) is 0 Å². The molecule has 1 aromatic rings. The summed E-state index contributed by atoms with van der Waals surface area (Å²) in [5.74, 6) is 0.372. The van der Waals surface area contributed by atoms with Gasteiger partial charge in [-0.3, -0.25) is 4.79 Å². The fourth-order valence-electron chi connectivity index (χ4n) is 1.78. The molecule has 0 radical (unpaired) electrons. The molecule has 2 nitrogen and oxygen atoms in total. The van der Waals surface area contributed by atoms with E-state index in [0.717, 1.165) is 12.8 Å². The van der Waals surface area contributed by atoms with E-state index in [9.17, 15) is 4.79 Å². The van der Waals surface area contributed by atoms with Crippen LogP contribution in [0.25, 0.3) is 0 Å². The largest absolute Gasteiger partial charge is 0.466 e. The smallest absolute Gasteiger partial charge is 0.306 e. The zero-order valence-corrected chi connectivity index (χ0v) is 11.3. The second-order valence-electron chi connectivity index (χ2n) is 4.54. The average molecular weight is 246 g/mol. The molecule has 0 aliphatic rings. The fraction of sp³-hybridized carbons (Fsp3) is 0.438. The summed E-state index contributed by atoms with van der Waals surface area (Å²) in [7, 11) is 0. The van der Waals surface area contributed by atoms with Crippen LogP contribution in [0.3, 0.4) is 0 Å². The highest BCUT2D eigenvalue weighted by molar-refractivity contribution is 5.69. The highest BCUT2D eigenvalue weighted by Gasteiger charge is 2.03. The minimum Gasteiger partial charge on any atom is -0.466 e. The predicted octanol–water partition coefficient (Wildman–Crippen LogP) is 3.55. The molecule has 0 saturated carbocycles. The minimum atomic E-state index is -0.123. The number of hydrogen-bond donors (Lipinski definition) is 0. The van der Waals surface area contributed by atoms with Crippen molar-refractivity contribution in [3.05, 3.63) is 48.0 Å². The first-order chi connectivity index (χ1) is 8.65. The summed E-state index contributed by atoms with van der Waals surface area (Å²) in [6, 6.07) is 8.43. The van der Waals surface area contributed by atoms with Crippen LogP contribution in [0.5, 0.6) is 0 Å². The van der Waals surface area contributed by atoms with Crippen LogP contribution in [0.2, 0.25) is 0 Å². The summed E-state index contributed by atoms with van der Waals surface area (Å²) in [5, 5.41) is 0. The van der Waals surface area contributed by atoms with Gasteiger partial charge in [-0.25, -0.2) is 0 Å². The normalized spacial score (nSPS) is 11.9. The number of carbonyl (C=O) groups excluding carboxylic acids is 1. The fourth-order valence-corrected chi connectivity index (χ4v) is 1.78. The van der Waals surface area contributed by atoms with Crippen LogP contribution in [0.1, 0.15) is 31.4 Å². The lowest BCUT2D eigenvalue weighted by atomic mass is 9.99. The SMILES string of the molecule is C=CC(C)Cc1ccc(CCC(=O)OCC)cc1. The van der Waals surface area contributed by atoms with Crippen molar-refractivity contribution in [3.63, 3.8) is 0 Å². The molecule has 0 aliphatic carbocycles. The first-order valence-corrected chi connectivity index (χ1v) is 6.51. The maximum absolute atomic E-state index is 11.2. The van der Waals surface area contributed by atoms with Crippen LogP contribution in [0, 0.1) is 5.92 Å². The van der Waals surface area contributed by atoms with Gasteiger partial charge >= 0.3 is 5.97 Å². The second kappa shape index (κ2) is 7.70. The van der Waals surface area contributed by atoms with E-state index < -0.39 is 0 Å². The number of aryl methyl sites for hydroxylation is 1. The number of rotatable bonds is 7. The van der Waals surface area contributed by atoms with Crippen molar-refractivity contribution in [2.24, 2.45) is 5.92 Å². The lowest BCUT2D eigenvalue weighted by Crippen LogP contribution is -2.05. The third-order valence-electron chi connectivity index (χ3n) is 2.91. The van der Waals surface area contributed by atoms with Crippen molar-refractivity contribution in [2.75, 3.05) is 6.61 Å². The summed E-state index contributed by atoms with van der Waals surface area (Å²) < 4.78 is 4.90. The molecule has 1 rings (SSSR count). The van der Waals surface area contributed by atoms with Crippen LogP contribution >= 0.6 is 0 Å². The molecule has 0 bridgehead atoms. The topological polar surface area (TPSA) is 26.3 Å². The summed E-state index contributed by atoms with van der Waals surface area (Å²) in [6.07, 6.45) is 4.18. The van der Waals surface area contributed by atoms with E-state index in [0.29, 0.717) is 18.9 Å². The number of ether oxygens (including phenoxy) is 1. The molecule has 0 aliphatic heterocycles. The highest BCUT2D eigenvalue weighted by atomic mass is 16.5. The maximum Gasteiger partial charge on any atom is 0.306 e. The predicted molar refractivity (Wildman–Crippen MR) is 74.5 cm³/mol. The van der Waals surface area contributed by atoms with Crippen molar-refractivity contribution in [3.8, 4) is 0 Å². The molecule has 0 aromatic heterocycles. The van der Waals surface area contributed by atoms with Crippen LogP contribution in [-0.2, 0) is 22.4 Å². The van der Waals surface area contributed by atoms with Crippen molar-refractivity contribution in [1.82, 2.24) is 0 Å². The molecule has 2 heteroatoms. The van der Waals surface area contributed by atoms with Crippen molar-refractivity contribution in [1.29, 1.82) is 0 Å². The van der Waals surface area contributed by atoms with Gasteiger partial charge in [0.15, 0.2) is 0 Å². The van der Waals surface area contributed by atoms with E-state index >= 15 is 0 Å². The van der Waals surface area contributed by atoms with Gasteiger partial charge in [0.05, 0.1) is 6.61 Å². The van der Waals surface area contributed by atoms with E-state index in [1.165, 1.54) is 11.1 Å². The Kier molecular flexibility index (Phi) is 6.20. The maximum atomic E-state index is 11.2. The molecule has 98 valence electrons. The molecule has 0 heterocycles. The van der Waals surface area contributed by atoms with Crippen molar-refractivity contribution in [2.45, 2.75) is 33.1 Å². The first kappa shape index (κ1) is 14.5. The van der Waals surface area contributed by atoms with Gasteiger partial charge in [0, 0.05) is 6.42 Å². The zero-order valence-electron chi connectivity index (χ0n) is 11.3. The lowest BCUT2D eigenvalue weighted by molar-refractivity contribution is -0.143. The summed E-state index contributed by atoms with van der Waals surface area (Å²) >= 11 is 0. The molecule has 0 saturated heterocycles. The Morgan fingerprint density at radius 2 is 1.94 bits per heavy atom. The summed E-state index contributed by atoms with van der Waals surface area (Å²) in [6.45, 7) is 8.23. The molecule has 0 N–H and O–H groups in total. The van der Waals surface area contributed by atoms with Gasteiger partial charge in [-0.2, -0.15) is 0 Å². The minimum absolute atomic E-state index is 0.123. The number of benzene rings is 1. The van der Waals surface area contributed by atoms with Crippen molar-refractivity contribution < 1.29 is 9.53 Å². The quantitative estimate of drug-likeness (QED) is 0.543. The van der Waals surface area contributed by atoms with Crippen LogP contribution in [-0.4, -0.2) is 12.6 Å². The highest BCUT2D eigenvalue weighted by Crippen LogP contribution is 2.12. The molecule has 18 heavy (non-hydrogen) atoms. The van der Waals surface area contributed by atoms with Crippen LogP contribution < -0.4 is 0 Å². The van der Waals surface area contributed by atoms with E-state index in [-0.39, 0.29) is 5.97 Å². The molecular weight excluding hydrogens is 224 g/mol. The Morgan fingerprint density at radius 1 is 1.33 bits per heavy atom. The van der Waals surface area contributed by atoms with Gasteiger partial charge in [-0.15, -0.1) is 6.58 Å². The third kappa shape index (κ3) is 5.17. The van der Waals surface area contributed by atoms with Crippen LogP contribution in [0.15, 0.2) is 36.9 Å². The lowest BCUT2D eigenvalue weighted by Gasteiger charge is -2.07. The van der Waals surface area contributed by atoms with Gasteiger partial charge in [0.25, 0.3) is 0 Å².